The molecule has 0 saturated heterocycles. The molecule has 2 rings (SSSR count). The number of carbonyl (C=O) groups excluding carboxylic acids is 1. The van der Waals surface area contributed by atoms with E-state index < -0.39 is 0 Å². The van der Waals surface area contributed by atoms with Gasteiger partial charge in [0.1, 0.15) is 5.69 Å². The lowest BCUT2D eigenvalue weighted by Gasteiger charge is -2.15. The second-order valence-corrected chi connectivity index (χ2v) is 4.48. The largest absolute Gasteiger partial charge is 0.327 e. The SMILES string of the molecule is CC(N)C(C)C(=O)c1ccnn1-c1ccccc1. The van der Waals surface area contributed by atoms with Crippen LogP contribution in [-0.2, 0) is 0 Å². The molecule has 94 valence electrons. The Balaban J connectivity index is 2.37. The summed E-state index contributed by atoms with van der Waals surface area (Å²) >= 11 is 0. The van der Waals surface area contributed by atoms with Gasteiger partial charge in [0.25, 0.3) is 0 Å². The van der Waals surface area contributed by atoms with E-state index in [0.29, 0.717) is 5.69 Å². The smallest absolute Gasteiger partial charge is 0.185 e. The first-order valence-corrected chi connectivity index (χ1v) is 6.00. The fourth-order valence-electron chi connectivity index (χ4n) is 1.74. The van der Waals surface area contributed by atoms with Crippen molar-refractivity contribution >= 4 is 5.78 Å². The molecule has 1 aromatic carbocycles. The molecule has 1 heterocycles. The minimum absolute atomic E-state index is 0.0198. The molecule has 18 heavy (non-hydrogen) atoms. The third-order valence-corrected chi connectivity index (χ3v) is 3.10. The van der Waals surface area contributed by atoms with Gasteiger partial charge >= 0.3 is 0 Å². The molecule has 0 bridgehead atoms. The fourth-order valence-corrected chi connectivity index (χ4v) is 1.74. The van der Waals surface area contributed by atoms with E-state index in [-0.39, 0.29) is 17.7 Å². The number of aromatic nitrogens is 2. The van der Waals surface area contributed by atoms with Crippen molar-refractivity contribution in [2.75, 3.05) is 0 Å². The number of hydrogen-bond acceptors (Lipinski definition) is 3. The summed E-state index contributed by atoms with van der Waals surface area (Å²) in [6.07, 6.45) is 1.63. The van der Waals surface area contributed by atoms with Gasteiger partial charge in [-0.3, -0.25) is 4.79 Å². The minimum Gasteiger partial charge on any atom is -0.327 e. The van der Waals surface area contributed by atoms with Crippen LogP contribution in [0.15, 0.2) is 42.6 Å². The summed E-state index contributed by atoms with van der Waals surface area (Å²) in [5.74, 6) is -0.199. The molecule has 1 aromatic heterocycles. The number of benzene rings is 1. The Bertz CT molecular complexity index is 531. The van der Waals surface area contributed by atoms with Crippen LogP contribution < -0.4 is 5.73 Å². The number of rotatable bonds is 4. The molecule has 0 saturated carbocycles. The van der Waals surface area contributed by atoms with Crippen LogP contribution in [0.3, 0.4) is 0 Å². The Kier molecular flexibility index (Phi) is 3.58. The summed E-state index contributed by atoms with van der Waals surface area (Å²) in [7, 11) is 0. The lowest BCUT2D eigenvalue weighted by atomic mass is 9.97. The molecule has 2 atom stereocenters. The lowest BCUT2D eigenvalue weighted by Crippen LogP contribution is -2.31. The minimum atomic E-state index is -0.218. The van der Waals surface area contributed by atoms with E-state index in [1.54, 1.807) is 16.9 Å². The molecule has 0 amide bonds. The van der Waals surface area contributed by atoms with E-state index in [9.17, 15) is 4.79 Å². The second kappa shape index (κ2) is 5.14. The van der Waals surface area contributed by atoms with E-state index in [2.05, 4.69) is 5.10 Å². The Hall–Kier alpha value is -1.94. The van der Waals surface area contributed by atoms with Gasteiger partial charge in [0.2, 0.25) is 0 Å². The Morgan fingerprint density at radius 3 is 2.50 bits per heavy atom. The zero-order chi connectivity index (χ0) is 13.1. The maximum Gasteiger partial charge on any atom is 0.185 e. The molecule has 0 radical (unpaired) electrons. The molecular weight excluding hydrogens is 226 g/mol. The summed E-state index contributed by atoms with van der Waals surface area (Å²) in [4.78, 5) is 12.3. The van der Waals surface area contributed by atoms with Crippen LogP contribution in [0.25, 0.3) is 5.69 Å². The summed E-state index contributed by atoms with van der Waals surface area (Å²) in [6.45, 7) is 3.68. The maximum absolute atomic E-state index is 12.3. The van der Waals surface area contributed by atoms with Gasteiger partial charge < -0.3 is 5.73 Å². The van der Waals surface area contributed by atoms with Crippen LogP contribution in [0.1, 0.15) is 24.3 Å². The molecule has 2 unspecified atom stereocenters. The van der Waals surface area contributed by atoms with E-state index in [1.165, 1.54) is 0 Å². The Morgan fingerprint density at radius 2 is 1.89 bits per heavy atom. The summed E-state index contributed by atoms with van der Waals surface area (Å²) < 4.78 is 1.65. The van der Waals surface area contributed by atoms with Gasteiger partial charge in [-0.1, -0.05) is 25.1 Å². The van der Waals surface area contributed by atoms with Crippen LogP contribution >= 0.6 is 0 Å². The van der Waals surface area contributed by atoms with Gasteiger partial charge in [0.05, 0.1) is 11.9 Å². The van der Waals surface area contributed by atoms with Crippen molar-refractivity contribution in [1.29, 1.82) is 0 Å². The molecule has 0 aliphatic carbocycles. The highest BCUT2D eigenvalue weighted by Crippen LogP contribution is 2.15. The zero-order valence-electron chi connectivity index (χ0n) is 10.6. The van der Waals surface area contributed by atoms with Gasteiger partial charge in [-0.2, -0.15) is 5.10 Å². The van der Waals surface area contributed by atoms with Crippen molar-refractivity contribution in [2.45, 2.75) is 19.9 Å². The van der Waals surface area contributed by atoms with E-state index in [4.69, 9.17) is 5.73 Å². The number of para-hydroxylation sites is 1. The first-order valence-electron chi connectivity index (χ1n) is 6.00. The molecule has 2 N–H and O–H groups in total. The van der Waals surface area contributed by atoms with Crippen LogP contribution in [0.5, 0.6) is 0 Å². The number of Topliss-reactive ketones (excluding diaryl/α,β-unsaturated/α-hetero) is 1. The van der Waals surface area contributed by atoms with E-state index >= 15 is 0 Å². The van der Waals surface area contributed by atoms with Crippen LogP contribution in [0.4, 0.5) is 0 Å². The van der Waals surface area contributed by atoms with Crippen molar-refractivity contribution in [3.05, 3.63) is 48.3 Å². The van der Waals surface area contributed by atoms with E-state index in [1.807, 2.05) is 44.2 Å². The molecule has 2 aromatic rings. The molecule has 4 heteroatoms. The number of ketones is 1. The highest BCUT2D eigenvalue weighted by molar-refractivity contribution is 5.97. The number of nitrogens with two attached hydrogens (primary N) is 1. The Morgan fingerprint density at radius 1 is 1.22 bits per heavy atom. The quantitative estimate of drug-likeness (QED) is 0.836. The van der Waals surface area contributed by atoms with Crippen LogP contribution in [0, 0.1) is 5.92 Å². The normalized spacial score (nSPS) is 14.2. The molecular formula is C14H17N3O. The maximum atomic E-state index is 12.3. The second-order valence-electron chi connectivity index (χ2n) is 4.48. The van der Waals surface area contributed by atoms with Crippen molar-refractivity contribution in [3.63, 3.8) is 0 Å². The van der Waals surface area contributed by atoms with Crippen LogP contribution in [-0.4, -0.2) is 21.6 Å². The van der Waals surface area contributed by atoms with E-state index in [0.717, 1.165) is 5.69 Å². The third-order valence-electron chi connectivity index (χ3n) is 3.10. The summed E-state index contributed by atoms with van der Waals surface area (Å²) in [5, 5.41) is 4.20. The first kappa shape index (κ1) is 12.5. The molecule has 4 nitrogen and oxygen atoms in total. The number of carbonyl (C=O) groups is 1. The summed E-state index contributed by atoms with van der Waals surface area (Å²) in [6, 6.07) is 11.2. The molecule has 0 fully saturated rings. The highest BCUT2D eigenvalue weighted by Gasteiger charge is 2.22. The first-order chi connectivity index (χ1) is 8.61. The van der Waals surface area contributed by atoms with Gasteiger partial charge in [-0.15, -0.1) is 0 Å². The third kappa shape index (κ3) is 2.33. The van der Waals surface area contributed by atoms with Gasteiger partial charge in [-0.25, -0.2) is 4.68 Å². The number of nitrogens with zero attached hydrogens (tertiary/aromatic N) is 2. The van der Waals surface area contributed by atoms with Gasteiger partial charge in [-0.05, 0) is 25.1 Å². The predicted molar refractivity (Wildman–Crippen MR) is 70.7 cm³/mol. The average molecular weight is 243 g/mol. The van der Waals surface area contributed by atoms with Crippen molar-refractivity contribution in [2.24, 2.45) is 11.7 Å². The fraction of sp³-hybridized carbons (Fsp3) is 0.286. The Labute approximate surface area is 106 Å². The van der Waals surface area contributed by atoms with Gasteiger partial charge in [0.15, 0.2) is 5.78 Å². The molecule has 0 spiro atoms. The lowest BCUT2D eigenvalue weighted by molar-refractivity contribution is 0.0909. The van der Waals surface area contributed by atoms with Crippen molar-refractivity contribution in [1.82, 2.24) is 9.78 Å². The van der Waals surface area contributed by atoms with Crippen molar-refractivity contribution in [3.8, 4) is 5.69 Å². The molecule has 0 aliphatic rings. The zero-order valence-corrected chi connectivity index (χ0v) is 10.6. The van der Waals surface area contributed by atoms with Crippen LogP contribution in [0.2, 0.25) is 0 Å². The molecule has 0 aliphatic heterocycles. The van der Waals surface area contributed by atoms with Crippen molar-refractivity contribution < 1.29 is 4.79 Å². The standard InChI is InChI=1S/C14H17N3O/c1-10(11(2)15)14(18)13-8-9-16-17(13)12-6-4-3-5-7-12/h3-11H,15H2,1-2H3. The predicted octanol–water partition coefficient (Wildman–Crippen LogP) is 2.04. The average Bonchev–Trinajstić information content (AvgIpc) is 2.87. The number of hydrogen-bond donors (Lipinski definition) is 1. The highest BCUT2D eigenvalue weighted by atomic mass is 16.1. The topological polar surface area (TPSA) is 60.9 Å². The van der Waals surface area contributed by atoms with Gasteiger partial charge in [0, 0.05) is 12.0 Å². The monoisotopic (exact) mass is 243 g/mol. The summed E-state index contributed by atoms with van der Waals surface area (Å²) in [5.41, 5.74) is 7.23.